The topological polar surface area (TPSA) is 74.6 Å². The van der Waals surface area contributed by atoms with Crippen LogP contribution < -0.4 is 10.6 Å². The van der Waals surface area contributed by atoms with Gasteiger partial charge < -0.3 is 15.1 Å². The molecule has 0 aliphatic rings. The standard InChI is InChI=1S/C21H29N3O3S/c1-5-24(6-2)19(20-8-7-13-27-20)14-22-21(26)15(3)28-18-11-9-17(10-12-18)23-16(4)25/h7-13,15,19H,5-6,14H2,1-4H3,(H,22,26)(H,23,25). The molecule has 0 spiro atoms. The van der Waals surface area contributed by atoms with Crippen LogP contribution in [0.5, 0.6) is 0 Å². The highest BCUT2D eigenvalue weighted by Gasteiger charge is 2.23. The van der Waals surface area contributed by atoms with Crippen LogP contribution in [-0.4, -0.2) is 41.6 Å². The highest BCUT2D eigenvalue weighted by Crippen LogP contribution is 2.25. The Balaban J connectivity index is 1.92. The van der Waals surface area contributed by atoms with Gasteiger partial charge in [-0.05, 0) is 56.4 Å². The third-order valence-corrected chi connectivity index (χ3v) is 5.56. The number of thioether (sulfide) groups is 1. The van der Waals surface area contributed by atoms with Crippen LogP contribution in [-0.2, 0) is 9.59 Å². The van der Waals surface area contributed by atoms with Crippen molar-refractivity contribution in [3.63, 3.8) is 0 Å². The molecular formula is C21H29N3O3S. The van der Waals surface area contributed by atoms with Crippen LogP contribution in [0, 0.1) is 0 Å². The number of benzene rings is 1. The predicted octanol–water partition coefficient (Wildman–Crippen LogP) is 3.92. The van der Waals surface area contributed by atoms with Crippen LogP contribution in [0.1, 0.15) is 39.5 Å². The first-order valence-corrected chi connectivity index (χ1v) is 10.4. The minimum atomic E-state index is -0.236. The van der Waals surface area contributed by atoms with E-state index in [0.717, 1.165) is 29.4 Å². The van der Waals surface area contributed by atoms with Gasteiger partial charge in [0.05, 0.1) is 17.6 Å². The molecule has 0 bridgehead atoms. The molecule has 2 rings (SSSR count). The lowest BCUT2D eigenvalue weighted by Gasteiger charge is -2.28. The highest BCUT2D eigenvalue weighted by molar-refractivity contribution is 8.00. The van der Waals surface area contributed by atoms with Gasteiger partial charge in [0.25, 0.3) is 0 Å². The summed E-state index contributed by atoms with van der Waals surface area (Å²) in [5.41, 5.74) is 0.745. The molecule has 0 aliphatic carbocycles. The monoisotopic (exact) mass is 403 g/mol. The van der Waals surface area contributed by atoms with Crippen LogP contribution in [0.4, 0.5) is 5.69 Å². The van der Waals surface area contributed by atoms with Crippen molar-refractivity contribution >= 4 is 29.3 Å². The van der Waals surface area contributed by atoms with E-state index in [1.807, 2.05) is 43.3 Å². The molecule has 0 fully saturated rings. The third kappa shape index (κ3) is 6.42. The fourth-order valence-corrected chi connectivity index (χ4v) is 3.87. The lowest BCUT2D eigenvalue weighted by atomic mass is 10.2. The summed E-state index contributed by atoms with van der Waals surface area (Å²) in [5, 5.41) is 5.56. The maximum absolute atomic E-state index is 12.6. The minimum absolute atomic E-state index is 0.0142. The molecule has 1 aromatic heterocycles. The van der Waals surface area contributed by atoms with Crippen molar-refractivity contribution in [1.82, 2.24) is 10.2 Å². The fraction of sp³-hybridized carbons (Fsp3) is 0.429. The summed E-state index contributed by atoms with van der Waals surface area (Å²) in [4.78, 5) is 26.9. The molecule has 2 N–H and O–H groups in total. The molecule has 1 aromatic carbocycles. The first-order chi connectivity index (χ1) is 13.4. The van der Waals surface area contributed by atoms with E-state index in [-0.39, 0.29) is 23.1 Å². The van der Waals surface area contributed by atoms with E-state index in [1.165, 1.54) is 18.7 Å². The third-order valence-electron chi connectivity index (χ3n) is 4.45. The van der Waals surface area contributed by atoms with Gasteiger partial charge >= 0.3 is 0 Å². The Kier molecular flexibility index (Phi) is 8.60. The Morgan fingerprint density at radius 3 is 2.36 bits per heavy atom. The summed E-state index contributed by atoms with van der Waals surface area (Å²) in [6.45, 7) is 9.82. The molecule has 2 aromatic rings. The molecule has 6 nitrogen and oxygen atoms in total. The fourth-order valence-electron chi connectivity index (χ4n) is 2.97. The lowest BCUT2D eigenvalue weighted by molar-refractivity contribution is -0.120. The zero-order chi connectivity index (χ0) is 20.5. The van der Waals surface area contributed by atoms with Crippen molar-refractivity contribution in [3.8, 4) is 0 Å². The van der Waals surface area contributed by atoms with Crippen LogP contribution in [0.25, 0.3) is 0 Å². The van der Waals surface area contributed by atoms with E-state index >= 15 is 0 Å². The normalized spacial score (nSPS) is 13.2. The zero-order valence-corrected chi connectivity index (χ0v) is 17.7. The van der Waals surface area contributed by atoms with Crippen LogP contribution in [0.3, 0.4) is 0 Å². The maximum Gasteiger partial charge on any atom is 0.233 e. The molecule has 0 radical (unpaired) electrons. The molecule has 0 aliphatic heterocycles. The molecule has 7 heteroatoms. The van der Waals surface area contributed by atoms with Gasteiger partial charge in [0.1, 0.15) is 5.76 Å². The minimum Gasteiger partial charge on any atom is -0.468 e. The van der Waals surface area contributed by atoms with Crippen molar-refractivity contribution < 1.29 is 14.0 Å². The summed E-state index contributed by atoms with van der Waals surface area (Å²) in [6, 6.07) is 11.3. The van der Waals surface area contributed by atoms with Crippen molar-refractivity contribution in [2.75, 3.05) is 25.0 Å². The van der Waals surface area contributed by atoms with E-state index in [1.54, 1.807) is 6.26 Å². The van der Waals surface area contributed by atoms with E-state index in [2.05, 4.69) is 29.4 Å². The number of carbonyl (C=O) groups excluding carboxylic acids is 2. The molecule has 152 valence electrons. The quantitative estimate of drug-likeness (QED) is 0.588. The first kappa shape index (κ1) is 22.0. The van der Waals surface area contributed by atoms with Crippen LogP contribution >= 0.6 is 11.8 Å². The maximum atomic E-state index is 12.6. The Bertz CT molecular complexity index is 743. The van der Waals surface area contributed by atoms with Gasteiger partial charge in [-0.3, -0.25) is 14.5 Å². The van der Waals surface area contributed by atoms with E-state index < -0.39 is 0 Å². The average Bonchev–Trinajstić information content (AvgIpc) is 3.20. The SMILES string of the molecule is CCN(CC)C(CNC(=O)C(C)Sc1ccc(NC(C)=O)cc1)c1ccco1. The van der Waals surface area contributed by atoms with Crippen LogP contribution in [0.15, 0.2) is 52.0 Å². The largest absolute Gasteiger partial charge is 0.468 e. The number of nitrogens with zero attached hydrogens (tertiary/aromatic N) is 1. The van der Waals surface area contributed by atoms with Gasteiger partial charge in [0.2, 0.25) is 11.8 Å². The van der Waals surface area contributed by atoms with E-state index in [9.17, 15) is 9.59 Å². The summed E-state index contributed by atoms with van der Waals surface area (Å²) < 4.78 is 5.58. The molecule has 1 heterocycles. The summed E-state index contributed by atoms with van der Waals surface area (Å²) in [6.07, 6.45) is 1.66. The number of furan rings is 1. The Labute approximate surface area is 171 Å². The molecule has 0 saturated carbocycles. The lowest BCUT2D eigenvalue weighted by Crippen LogP contribution is -2.40. The number of nitrogens with one attached hydrogen (secondary N) is 2. The molecule has 2 amide bonds. The van der Waals surface area contributed by atoms with Gasteiger partial charge in [0.15, 0.2) is 0 Å². The van der Waals surface area contributed by atoms with Crippen molar-refractivity contribution in [1.29, 1.82) is 0 Å². The van der Waals surface area contributed by atoms with Gasteiger partial charge in [-0.2, -0.15) is 0 Å². The van der Waals surface area contributed by atoms with Crippen molar-refractivity contribution in [2.45, 2.75) is 43.9 Å². The Morgan fingerprint density at radius 1 is 1.14 bits per heavy atom. The predicted molar refractivity (Wildman–Crippen MR) is 113 cm³/mol. The van der Waals surface area contributed by atoms with Crippen molar-refractivity contribution in [3.05, 3.63) is 48.4 Å². The number of hydrogen-bond acceptors (Lipinski definition) is 5. The molecule has 0 saturated heterocycles. The molecule has 28 heavy (non-hydrogen) atoms. The van der Waals surface area contributed by atoms with Crippen molar-refractivity contribution in [2.24, 2.45) is 0 Å². The number of likely N-dealkylation sites (N-methyl/N-ethyl adjacent to an activating group) is 1. The van der Waals surface area contributed by atoms with Crippen LogP contribution in [0.2, 0.25) is 0 Å². The number of rotatable bonds is 10. The molecule has 2 atom stereocenters. The molecular weight excluding hydrogens is 374 g/mol. The Hall–Kier alpha value is -2.25. The highest BCUT2D eigenvalue weighted by atomic mass is 32.2. The summed E-state index contributed by atoms with van der Waals surface area (Å²) in [5.74, 6) is 0.741. The van der Waals surface area contributed by atoms with Gasteiger partial charge in [-0.1, -0.05) is 13.8 Å². The second-order valence-electron chi connectivity index (χ2n) is 6.46. The number of amides is 2. The zero-order valence-electron chi connectivity index (χ0n) is 16.9. The van der Waals surface area contributed by atoms with E-state index in [4.69, 9.17) is 4.42 Å². The van der Waals surface area contributed by atoms with Gasteiger partial charge in [-0.25, -0.2) is 0 Å². The smallest absolute Gasteiger partial charge is 0.233 e. The second kappa shape index (κ2) is 10.9. The average molecular weight is 404 g/mol. The van der Waals surface area contributed by atoms with E-state index in [0.29, 0.717) is 6.54 Å². The van der Waals surface area contributed by atoms with Gasteiger partial charge in [0, 0.05) is 24.1 Å². The number of anilines is 1. The second-order valence-corrected chi connectivity index (χ2v) is 7.88. The summed E-state index contributed by atoms with van der Waals surface area (Å²) >= 11 is 1.49. The Morgan fingerprint density at radius 2 is 1.82 bits per heavy atom. The van der Waals surface area contributed by atoms with Gasteiger partial charge in [-0.15, -0.1) is 11.8 Å². The summed E-state index contributed by atoms with van der Waals surface area (Å²) in [7, 11) is 0. The number of hydrogen-bond donors (Lipinski definition) is 2. The first-order valence-electron chi connectivity index (χ1n) is 9.54. The number of carbonyl (C=O) groups is 2. The molecule has 2 unspecified atom stereocenters.